The molecule has 0 aliphatic carbocycles. The third-order valence-corrected chi connectivity index (χ3v) is 4.27. The normalized spacial score (nSPS) is 10.2. The van der Waals surface area contributed by atoms with Crippen LogP contribution < -0.4 is 15.4 Å². The Hall–Kier alpha value is -2.54. The van der Waals surface area contributed by atoms with Crippen LogP contribution in [0.25, 0.3) is 0 Å². The number of carbonyl (C=O) groups excluding carboxylic acids is 2. The van der Waals surface area contributed by atoms with Crippen LogP contribution in [0.1, 0.15) is 12.8 Å². The first-order chi connectivity index (χ1) is 12.6. The Morgan fingerprint density at radius 1 is 1.04 bits per heavy atom. The fourth-order valence-corrected chi connectivity index (χ4v) is 2.74. The van der Waals surface area contributed by atoms with Gasteiger partial charge >= 0.3 is 0 Å². The van der Waals surface area contributed by atoms with Crippen LogP contribution in [0.3, 0.4) is 0 Å². The average molecular weight is 376 g/mol. The second-order valence-corrected chi connectivity index (χ2v) is 6.23. The second kappa shape index (κ2) is 10.5. The van der Waals surface area contributed by atoms with E-state index in [9.17, 15) is 14.0 Å². The molecular formula is C19H21FN2O3S. The van der Waals surface area contributed by atoms with Crippen LogP contribution in [0.5, 0.6) is 5.75 Å². The van der Waals surface area contributed by atoms with Crippen LogP contribution in [0, 0.1) is 5.82 Å². The highest BCUT2D eigenvalue weighted by atomic mass is 32.2. The highest BCUT2D eigenvalue weighted by Gasteiger charge is 2.09. The Morgan fingerprint density at radius 3 is 2.50 bits per heavy atom. The van der Waals surface area contributed by atoms with Crippen molar-refractivity contribution in [2.45, 2.75) is 17.7 Å². The molecular weight excluding hydrogens is 355 g/mol. The van der Waals surface area contributed by atoms with E-state index in [1.807, 2.05) is 30.5 Å². The molecule has 2 amide bonds. The first kappa shape index (κ1) is 19.8. The zero-order valence-corrected chi connectivity index (χ0v) is 15.3. The third-order valence-electron chi connectivity index (χ3n) is 3.48. The molecule has 2 aromatic carbocycles. The predicted molar refractivity (Wildman–Crippen MR) is 101 cm³/mol. The van der Waals surface area contributed by atoms with Gasteiger partial charge in [0, 0.05) is 17.7 Å². The molecule has 0 radical (unpaired) electrons. The minimum Gasteiger partial charge on any atom is -0.489 e. The minimum atomic E-state index is -0.443. The summed E-state index contributed by atoms with van der Waals surface area (Å²) in [5.74, 6) is -0.769. The van der Waals surface area contributed by atoms with Crippen LogP contribution in [0.15, 0.2) is 53.4 Å². The number of nitrogens with one attached hydrogen (secondary N) is 2. The molecule has 0 spiro atoms. The molecule has 0 saturated heterocycles. The highest BCUT2D eigenvalue weighted by molar-refractivity contribution is 7.98. The van der Waals surface area contributed by atoms with Gasteiger partial charge in [-0.15, -0.1) is 11.8 Å². The molecule has 0 saturated carbocycles. The van der Waals surface area contributed by atoms with E-state index in [0.29, 0.717) is 0 Å². The Labute approximate surface area is 156 Å². The molecule has 0 aliphatic heterocycles. The Kier molecular flexibility index (Phi) is 7.95. The van der Waals surface area contributed by atoms with Gasteiger partial charge < -0.3 is 15.4 Å². The zero-order chi connectivity index (χ0) is 18.8. The summed E-state index contributed by atoms with van der Waals surface area (Å²) < 4.78 is 18.6. The molecule has 26 heavy (non-hydrogen) atoms. The van der Waals surface area contributed by atoms with Gasteiger partial charge in [0.2, 0.25) is 11.8 Å². The average Bonchev–Trinajstić information content (AvgIpc) is 2.65. The van der Waals surface area contributed by atoms with E-state index in [4.69, 9.17) is 4.74 Å². The number of thioether (sulfide) groups is 1. The summed E-state index contributed by atoms with van der Waals surface area (Å²) in [4.78, 5) is 24.7. The predicted octanol–water partition coefficient (Wildman–Crippen LogP) is 3.46. The SMILES string of the molecule is CSc1ccccc1NC(=O)CCC(=O)NCCOc1ccccc1F. The van der Waals surface area contributed by atoms with Gasteiger partial charge in [0.15, 0.2) is 11.6 Å². The monoisotopic (exact) mass is 376 g/mol. The maximum atomic E-state index is 13.4. The van der Waals surface area contributed by atoms with E-state index < -0.39 is 5.82 Å². The van der Waals surface area contributed by atoms with Gasteiger partial charge in [-0.2, -0.15) is 0 Å². The maximum absolute atomic E-state index is 13.4. The number of hydrogen-bond donors (Lipinski definition) is 2. The van der Waals surface area contributed by atoms with Crippen molar-refractivity contribution in [3.05, 3.63) is 54.3 Å². The molecule has 0 atom stereocenters. The molecule has 7 heteroatoms. The lowest BCUT2D eigenvalue weighted by molar-refractivity contribution is -0.124. The summed E-state index contributed by atoms with van der Waals surface area (Å²) in [5.41, 5.74) is 0.740. The molecule has 138 valence electrons. The standard InChI is InChI=1S/C19H21FN2O3S/c1-26-17-9-5-3-7-15(17)22-19(24)11-10-18(23)21-12-13-25-16-8-4-2-6-14(16)20/h2-9H,10-13H2,1H3,(H,21,23)(H,22,24). The Balaban J connectivity index is 1.65. The fraction of sp³-hybridized carbons (Fsp3) is 0.263. The number of para-hydroxylation sites is 2. The molecule has 0 bridgehead atoms. The number of ether oxygens (including phenoxy) is 1. The van der Waals surface area contributed by atoms with Crippen molar-refractivity contribution in [2.75, 3.05) is 24.7 Å². The number of amides is 2. The van der Waals surface area contributed by atoms with E-state index in [1.165, 1.54) is 23.9 Å². The summed E-state index contributed by atoms with van der Waals surface area (Å²) >= 11 is 1.54. The number of anilines is 1. The Bertz CT molecular complexity index is 755. The highest BCUT2D eigenvalue weighted by Crippen LogP contribution is 2.24. The van der Waals surface area contributed by atoms with E-state index in [1.54, 1.807) is 12.1 Å². The van der Waals surface area contributed by atoms with Gasteiger partial charge in [0.25, 0.3) is 0 Å². The van der Waals surface area contributed by atoms with Crippen LogP contribution in [-0.4, -0.2) is 31.2 Å². The van der Waals surface area contributed by atoms with Gasteiger partial charge in [0.05, 0.1) is 12.2 Å². The molecule has 2 rings (SSSR count). The van der Waals surface area contributed by atoms with Gasteiger partial charge in [0.1, 0.15) is 6.61 Å². The number of benzene rings is 2. The van der Waals surface area contributed by atoms with Gasteiger partial charge in [-0.05, 0) is 30.5 Å². The molecule has 0 heterocycles. The number of halogens is 1. The summed E-state index contributed by atoms with van der Waals surface area (Å²) in [6, 6.07) is 13.6. The van der Waals surface area contributed by atoms with Gasteiger partial charge in [-0.3, -0.25) is 9.59 Å². The minimum absolute atomic E-state index is 0.0764. The first-order valence-corrected chi connectivity index (χ1v) is 9.39. The van der Waals surface area contributed by atoms with Crippen molar-refractivity contribution in [1.82, 2.24) is 5.32 Å². The lowest BCUT2D eigenvalue weighted by Gasteiger charge is -2.10. The van der Waals surface area contributed by atoms with Crippen molar-refractivity contribution in [3.8, 4) is 5.75 Å². The van der Waals surface area contributed by atoms with E-state index in [0.717, 1.165) is 10.6 Å². The molecule has 0 aliphatic rings. The molecule has 0 aromatic heterocycles. The largest absolute Gasteiger partial charge is 0.489 e. The summed E-state index contributed by atoms with van der Waals surface area (Å²) in [6.45, 7) is 0.393. The topological polar surface area (TPSA) is 67.4 Å². The van der Waals surface area contributed by atoms with E-state index >= 15 is 0 Å². The van der Waals surface area contributed by atoms with E-state index in [2.05, 4.69) is 10.6 Å². The van der Waals surface area contributed by atoms with Crippen molar-refractivity contribution in [3.63, 3.8) is 0 Å². The van der Waals surface area contributed by atoms with Gasteiger partial charge in [-0.1, -0.05) is 24.3 Å². The first-order valence-electron chi connectivity index (χ1n) is 8.17. The molecule has 0 fully saturated rings. The summed E-state index contributed by atoms with van der Waals surface area (Å²) in [6.07, 6.45) is 2.09. The van der Waals surface area contributed by atoms with Crippen LogP contribution in [0.2, 0.25) is 0 Å². The van der Waals surface area contributed by atoms with Crippen LogP contribution in [0.4, 0.5) is 10.1 Å². The van der Waals surface area contributed by atoms with Crippen LogP contribution in [-0.2, 0) is 9.59 Å². The van der Waals surface area contributed by atoms with Crippen molar-refractivity contribution in [1.29, 1.82) is 0 Å². The van der Waals surface area contributed by atoms with E-state index in [-0.39, 0.29) is 43.6 Å². The van der Waals surface area contributed by atoms with Crippen molar-refractivity contribution >= 4 is 29.3 Å². The van der Waals surface area contributed by atoms with Crippen LogP contribution >= 0.6 is 11.8 Å². The summed E-state index contributed by atoms with van der Waals surface area (Å²) in [7, 11) is 0. The molecule has 5 nitrogen and oxygen atoms in total. The maximum Gasteiger partial charge on any atom is 0.224 e. The third kappa shape index (κ3) is 6.40. The molecule has 0 unspecified atom stereocenters. The second-order valence-electron chi connectivity index (χ2n) is 5.38. The quantitative estimate of drug-likeness (QED) is 0.520. The number of hydrogen-bond acceptors (Lipinski definition) is 4. The Morgan fingerprint density at radius 2 is 1.73 bits per heavy atom. The lowest BCUT2D eigenvalue weighted by Crippen LogP contribution is -2.29. The fourth-order valence-electron chi connectivity index (χ4n) is 2.19. The molecule has 2 aromatic rings. The van der Waals surface area contributed by atoms with Crippen molar-refractivity contribution < 1.29 is 18.7 Å². The van der Waals surface area contributed by atoms with Gasteiger partial charge in [-0.25, -0.2) is 4.39 Å². The number of rotatable bonds is 9. The van der Waals surface area contributed by atoms with Crippen molar-refractivity contribution in [2.24, 2.45) is 0 Å². The smallest absolute Gasteiger partial charge is 0.224 e. The zero-order valence-electron chi connectivity index (χ0n) is 14.5. The summed E-state index contributed by atoms with van der Waals surface area (Å²) in [5, 5.41) is 5.45. The lowest BCUT2D eigenvalue weighted by atomic mass is 10.2. The molecule has 2 N–H and O–H groups in total. The number of carbonyl (C=O) groups is 2.